The number of amides is 1. The molecule has 4 heterocycles. The van der Waals surface area contributed by atoms with E-state index < -0.39 is 0 Å². The molecule has 1 aliphatic heterocycles. The summed E-state index contributed by atoms with van der Waals surface area (Å²) in [5.74, 6) is 2.32. The minimum atomic E-state index is -0.0565. The second-order valence-corrected chi connectivity index (χ2v) is 7.87. The first-order valence-corrected chi connectivity index (χ1v) is 10.6. The van der Waals surface area contributed by atoms with Crippen molar-refractivity contribution in [3.8, 4) is 10.7 Å². The van der Waals surface area contributed by atoms with Crippen molar-refractivity contribution in [1.29, 1.82) is 0 Å². The number of rotatable bonds is 8. The highest BCUT2D eigenvalue weighted by atomic mass is 32.1. The molecule has 0 saturated carbocycles. The quantitative estimate of drug-likeness (QED) is 0.558. The SMILES string of the molecule is COCc1ccc(C(=O)N2CCN(CCCc3nc(-c4cccs4)no3)CC2)o1. The van der Waals surface area contributed by atoms with Crippen molar-refractivity contribution < 1.29 is 18.5 Å². The van der Waals surface area contributed by atoms with Crippen LogP contribution in [0.25, 0.3) is 10.7 Å². The van der Waals surface area contributed by atoms with E-state index in [0.717, 1.165) is 37.4 Å². The van der Waals surface area contributed by atoms with Crippen molar-refractivity contribution >= 4 is 17.2 Å². The van der Waals surface area contributed by atoms with E-state index in [-0.39, 0.29) is 5.91 Å². The van der Waals surface area contributed by atoms with Gasteiger partial charge in [-0.1, -0.05) is 11.2 Å². The molecule has 0 atom stereocenters. The summed E-state index contributed by atoms with van der Waals surface area (Å²) in [4.78, 5) is 22.3. The van der Waals surface area contributed by atoms with E-state index in [1.54, 1.807) is 30.6 Å². The lowest BCUT2D eigenvalue weighted by atomic mass is 10.2. The maximum atomic E-state index is 12.6. The summed E-state index contributed by atoms with van der Waals surface area (Å²) in [5, 5.41) is 6.05. The molecule has 1 aliphatic rings. The van der Waals surface area contributed by atoms with E-state index >= 15 is 0 Å². The van der Waals surface area contributed by atoms with Gasteiger partial charge in [-0.05, 0) is 36.5 Å². The number of aromatic nitrogens is 2. The zero-order chi connectivity index (χ0) is 20.1. The lowest BCUT2D eigenvalue weighted by molar-refractivity contribution is 0.0598. The van der Waals surface area contributed by atoms with Crippen molar-refractivity contribution in [2.45, 2.75) is 19.4 Å². The van der Waals surface area contributed by atoms with Gasteiger partial charge in [0, 0.05) is 39.7 Å². The molecule has 9 heteroatoms. The molecular weight excluding hydrogens is 392 g/mol. The molecule has 1 fully saturated rings. The first-order valence-electron chi connectivity index (χ1n) is 9.68. The number of nitrogens with zero attached hydrogens (tertiary/aromatic N) is 4. The number of carbonyl (C=O) groups excluding carboxylic acids is 1. The van der Waals surface area contributed by atoms with Gasteiger partial charge in [-0.15, -0.1) is 11.3 Å². The number of piperazine rings is 1. The Morgan fingerprint density at radius 1 is 1.24 bits per heavy atom. The van der Waals surface area contributed by atoms with Crippen LogP contribution >= 0.6 is 11.3 Å². The highest BCUT2D eigenvalue weighted by molar-refractivity contribution is 7.13. The number of aryl methyl sites for hydroxylation is 1. The minimum absolute atomic E-state index is 0.0565. The van der Waals surface area contributed by atoms with E-state index in [4.69, 9.17) is 13.7 Å². The first-order chi connectivity index (χ1) is 14.2. The second kappa shape index (κ2) is 9.34. The van der Waals surface area contributed by atoms with E-state index in [0.29, 0.717) is 42.9 Å². The van der Waals surface area contributed by atoms with Gasteiger partial charge in [-0.25, -0.2) is 0 Å². The van der Waals surface area contributed by atoms with Gasteiger partial charge >= 0.3 is 0 Å². The van der Waals surface area contributed by atoms with E-state index in [1.807, 2.05) is 22.4 Å². The Morgan fingerprint density at radius 3 is 2.86 bits per heavy atom. The summed E-state index contributed by atoms with van der Waals surface area (Å²) in [5.41, 5.74) is 0. The van der Waals surface area contributed by atoms with Gasteiger partial charge in [-0.2, -0.15) is 4.98 Å². The van der Waals surface area contributed by atoms with Crippen molar-refractivity contribution in [2.75, 3.05) is 39.8 Å². The van der Waals surface area contributed by atoms with Crippen molar-refractivity contribution in [2.24, 2.45) is 0 Å². The van der Waals surface area contributed by atoms with E-state index in [1.165, 1.54) is 0 Å². The molecule has 154 valence electrons. The molecule has 29 heavy (non-hydrogen) atoms. The summed E-state index contributed by atoms with van der Waals surface area (Å²) in [7, 11) is 1.60. The molecule has 1 saturated heterocycles. The first kappa shape index (κ1) is 19.8. The monoisotopic (exact) mass is 416 g/mol. The Bertz CT molecular complexity index is 913. The zero-order valence-corrected chi connectivity index (χ0v) is 17.2. The van der Waals surface area contributed by atoms with Crippen molar-refractivity contribution in [3.05, 3.63) is 47.1 Å². The molecule has 1 amide bonds. The molecule has 0 aliphatic carbocycles. The summed E-state index contributed by atoms with van der Waals surface area (Å²) in [6.07, 6.45) is 1.70. The fourth-order valence-electron chi connectivity index (χ4n) is 3.36. The molecule has 4 rings (SSSR count). The van der Waals surface area contributed by atoms with Crippen LogP contribution in [-0.2, 0) is 17.8 Å². The van der Waals surface area contributed by atoms with E-state index in [9.17, 15) is 4.79 Å². The maximum Gasteiger partial charge on any atom is 0.289 e. The molecule has 3 aromatic heterocycles. The lowest BCUT2D eigenvalue weighted by Gasteiger charge is -2.34. The topological polar surface area (TPSA) is 84.8 Å². The predicted octanol–water partition coefficient (Wildman–Crippen LogP) is 2.93. The molecular formula is C20H24N4O4S. The Morgan fingerprint density at radius 2 is 2.10 bits per heavy atom. The van der Waals surface area contributed by atoms with Gasteiger partial charge in [0.15, 0.2) is 5.76 Å². The van der Waals surface area contributed by atoms with Crippen molar-refractivity contribution in [3.63, 3.8) is 0 Å². The summed E-state index contributed by atoms with van der Waals surface area (Å²) in [6.45, 7) is 4.40. The van der Waals surface area contributed by atoms with Gasteiger partial charge < -0.3 is 18.6 Å². The number of ether oxygens (including phenoxy) is 1. The zero-order valence-electron chi connectivity index (χ0n) is 16.4. The van der Waals surface area contributed by atoms with Crippen LogP contribution in [0.2, 0.25) is 0 Å². The standard InChI is InChI=1S/C20H24N4O4S/c1-26-14-15-6-7-16(27-15)20(25)24-11-9-23(10-12-24)8-2-5-18-21-19(22-28-18)17-4-3-13-29-17/h3-4,6-7,13H,2,5,8-12,14H2,1H3. The fraction of sp³-hybridized carbons (Fsp3) is 0.450. The van der Waals surface area contributed by atoms with Gasteiger partial charge in [0.1, 0.15) is 12.4 Å². The van der Waals surface area contributed by atoms with Crippen LogP contribution in [-0.4, -0.2) is 65.7 Å². The van der Waals surface area contributed by atoms with Crippen LogP contribution in [0.4, 0.5) is 0 Å². The van der Waals surface area contributed by atoms with Gasteiger partial charge in [0.25, 0.3) is 5.91 Å². The number of hydrogen-bond donors (Lipinski definition) is 0. The number of methoxy groups -OCH3 is 1. The molecule has 0 unspecified atom stereocenters. The van der Waals surface area contributed by atoms with Crippen LogP contribution < -0.4 is 0 Å². The second-order valence-electron chi connectivity index (χ2n) is 6.93. The molecule has 0 radical (unpaired) electrons. The third-order valence-electron chi connectivity index (χ3n) is 4.89. The third-order valence-corrected chi connectivity index (χ3v) is 5.76. The Labute approximate surface area is 173 Å². The number of furan rings is 1. The van der Waals surface area contributed by atoms with Crippen LogP contribution in [0, 0.1) is 0 Å². The molecule has 0 aromatic carbocycles. The van der Waals surface area contributed by atoms with E-state index in [2.05, 4.69) is 15.0 Å². The number of thiophene rings is 1. The smallest absolute Gasteiger partial charge is 0.289 e. The van der Waals surface area contributed by atoms with Crippen LogP contribution in [0.5, 0.6) is 0 Å². The van der Waals surface area contributed by atoms with Gasteiger partial charge in [0.2, 0.25) is 11.7 Å². The molecule has 8 nitrogen and oxygen atoms in total. The Kier molecular flexibility index (Phi) is 6.38. The third kappa shape index (κ3) is 4.92. The lowest BCUT2D eigenvalue weighted by Crippen LogP contribution is -2.48. The molecule has 0 bridgehead atoms. The van der Waals surface area contributed by atoms with Crippen LogP contribution in [0.1, 0.15) is 28.6 Å². The summed E-state index contributed by atoms with van der Waals surface area (Å²) in [6, 6.07) is 7.47. The maximum absolute atomic E-state index is 12.6. The normalized spacial score (nSPS) is 15.1. The number of carbonyl (C=O) groups is 1. The largest absolute Gasteiger partial charge is 0.453 e. The highest BCUT2D eigenvalue weighted by Crippen LogP contribution is 2.21. The molecule has 0 N–H and O–H groups in total. The Balaban J connectivity index is 1.19. The van der Waals surface area contributed by atoms with Crippen molar-refractivity contribution in [1.82, 2.24) is 19.9 Å². The molecule has 0 spiro atoms. The minimum Gasteiger partial charge on any atom is -0.453 e. The fourth-order valence-corrected chi connectivity index (χ4v) is 4.01. The predicted molar refractivity (Wildman–Crippen MR) is 108 cm³/mol. The average molecular weight is 417 g/mol. The highest BCUT2D eigenvalue weighted by Gasteiger charge is 2.24. The Hall–Kier alpha value is -2.49. The number of hydrogen-bond acceptors (Lipinski definition) is 8. The summed E-state index contributed by atoms with van der Waals surface area (Å²) < 4.78 is 15.9. The van der Waals surface area contributed by atoms with Gasteiger partial charge in [0.05, 0.1) is 4.88 Å². The summed E-state index contributed by atoms with van der Waals surface area (Å²) >= 11 is 1.60. The average Bonchev–Trinajstić information content (AvgIpc) is 3.50. The van der Waals surface area contributed by atoms with Gasteiger partial charge in [-0.3, -0.25) is 9.69 Å². The van der Waals surface area contributed by atoms with Crippen LogP contribution in [0.15, 0.2) is 38.6 Å². The van der Waals surface area contributed by atoms with Crippen LogP contribution in [0.3, 0.4) is 0 Å². The molecule has 3 aromatic rings.